The van der Waals surface area contributed by atoms with Gasteiger partial charge in [-0.15, -0.1) is 0 Å². The van der Waals surface area contributed by atoms with E-state index < -0.39 is 5.41 Å². The number of ether oxygens (including phenoxy) is 1. The summed E-state index contributed by atoms with van der Waals surface area (Å²) in [5.74, 6) is -0.0507. The molecule has 0 aliphatic heterocycles. The van der Waals surface area contributed by atoms with Gasteiger partial charge in [0.25, 0.3) is 0 Å². The molecule has 0 unspecified atom stereocenters. The van der Waals surface area contributed by atoms with Crippen molar-refractivity contribution in [1.29, 1.82) is 0 Å². The Morgan fingerprint density at radius 1 is 1.29 bits per heavy atom. The molecule has 3 nitrogen and oxygen atoms in total. The van der Waals surface area contributed by atoms with Crippen LogP contribution in [0.2, 0.25) is 0 Å². The summed E-state index contributed by atoms with van der Waals surface area (Å²) < 4.78 is 5.89. The summed E-state index contributed by atoms with van der Waals surface area (Å²) in [6.45, 7) is 8.04. The minimum Gasteiger partial charge on any atom is -0.457 e. The van der Waals surface area contributed by atoms with Crippen LogP contribution < -0.4 is 0 Å². The summed E-state index contributed by atoms with van der Waals surface area (Å²) in [6.07, 6.45) is 6.45. The molecule has 3 atom stereocenters. The average molecular weight is 322 g/mol. The Labute approximate surface area is 142 Å². The predicted molar refractivity (Wildman–Crippen MR) is 93.5 cm³/mol. The van der Waals surface area contributed by atoms with E-state index in [0.717, 1.165) is 24.0 Å². The first-order valence-corrected chi connectivity index (χ1v) is 8.26. The zero-order valence-electron chi connectivity index (χ0n) is 14.1. The van der Waals surface area contributed by atoms with E-state index in [-0.39, 0.29) is 23.8 Å². The molecule has 0 aromatic heterocycles. The molecule has 0 heterocycles. The van der Waals surface area contributed by atoms with Crippen LogP contribution in [0.1, 0.15) is 37.0 Å². The highest BCUT2D eigenvalue weighted by Gasteiger charge is 2.50. The largest absolute Gasteiger partial charge is 0.457 e. The van der Waals surface area contributed by atoms with Gasteiger partial charge in [-0.05, 0) is 56.9 Å². The van der Waals surface area contributed by atoms with Crippen LogP contribution in [0.15, 0.2) is 66.3 Å². The lowest BCUT2D eigenvalue weighted by atomic mass is 9.73. The molecule has 1 aromatic carbocycles. The number of carbonyl (C=O) groups is 2. The molecular weight excluding hydrogens is 300 g/mol. The number of hydrogen-bond acceptors (Lipinski definition) is 3. The maximum atomic E-state index is 12.5. The van der Waals surface area contributed by atoms with E-state index in [4.69, 9.17) is 4.74 Å². The Hall–Kier alpha value is -2.42. The molecule has 0 amide bonds. The second-order valence-corrected chi connectivity index (χ2v) is 6.85. The number of rotatable bonds is 3. The third kappa shape index (κ3) is 2.86. The Bertz CT molecular complexity index is 742. The van der Waals surface area contributed by atoms with Gasteiger partial charge in [-0.1, -0.05) is 42.0 Å². The van der Waals surface area contributed by atoms with Gasteiger partial charge in [-0.2, -0.15) is 0 Å². The fourth-order valence-electron chi connectivity index (χ4n) is 3.74. The normalized spacial score (nSPS) is 28.8. The molecule has 1 spiro atoms. The van der Waals surface area contributed by atoms with Crippen molar-refractivity contribution < 1.29 is 14.3 Å². The number of carbonyl (C=O) groups excluding carboxylic acids is 2. The molecule has 1 aromatic rings. The van der Waals surface area contributed by atoms with Crippen LogP contribution in [0.3, 0.4) is 0 Å². The van der Waals surface area contributed by atoms with E-state index >= 15 is 0 Å². The van der Waals surface area contributed by atoms with Gasteiger partial charge in [0.2, 0.25) is 0 Å². The lowest BCUT2D eigenvalue weighted by Gasteiger charge is -2.35. The molecule has 0 radical (unpaired) electrons. The van der Waals surface area contributed by atoms with Gasteiger partial charge in [-0.25, -0.2) is 4.79 Å². The first kappa shape index (κ1) is 16.4. The molecule has 3 rings (SSSR count). The molecule has 124 valence electrons. The number of esters is 1. The van der Waals surface area contributed by atoms with Crippen LogP contribution in [0.25, 0.3) is 0 Å². The first-order chi connectivity index (χ1) is 11.4. The van der Waals surface area contributed by atoms with Gasteiger partial charge in [0.05, 0.1) is 5.56 Å². The highest BCUT2D eigenvalue weighted by atomic mass is 16.5. The van der Waals surface area contributed by atoms with Crippen LogP contribution >= 0.6 is 0 Å². The molecular formula is C21H22O3. The third-order valence-electron chi connectivity index (χ3n) is 5.25. The van der Waals surface area contributed by atoms with Crippen LogP contribution in [0.4, 0.5) is 0 Å². The second-order valence-electron chi connectivity index (χ2n) is 6.85. The third-order valence-corrected chi connectivity index (χ3v) is 5.25. The fourth-order valence-corrected chi connectivity index (χ4v) is 3.74. The highest BCUT2D eigenvalue weighted by Crippen LogP contribution is 2.52. The number of allylic oxidation sites excluding steroid dienone is 3. The molecule has 0 N–H and O–H groups in total. The van der Waals surface area contributed by atoms with Gasteiger partial charge >= 0.3 is 5.97 Å². The van der Waals surface area contributed by atoms with Crippen molar-refractivity contribution in [2.24, 2.45) is 11.3 Å². The smallest absolute Gasteiger partial charge is 0.338 e. The summed E-state index contributed by atoms with van der Waals surface area (Å²) in [5, 5.41) is 0. The van der Waals surface area contributed by atoms with E-state index in [1.807, 2.05) is 38.1 Å². The average Bonchev–Trinajstić information content (AvgIpc) is 2.92. The Balaban J connectivity index is 1.90. The first-order valence-electron chi connectivity index (χ1n) is 8.26. The summed E-state index contributed by atoms with van der Waals surface area (Å²) in [5.41, 5.74) is 2.20. The highest BCUT2D eigenvalue weighted by molar-refractivity contribution is 6.01. The Kier molecular flexibility index (Phi) is 4.27. The van der Waals surface area contributed by atoms with E-state index in [1.165, 1.54) is 0 Å². The molecule has 3 heteroatoms. The molecule has 2 aliphatic rings. The summed E-state index contributed by atoms with van der Waals surface area (Å²) >= 11 is 0. The fraction of sp³-hybridized carbons (Fsp3) is 0.333. The van der Waals surface area contributed by atoms with Crippen molar-refractivity contribution in [3.63, 3.8) is 0 Å². The lowest BCUT2D eigenvalue weighted by Crippen LogP contribution is -2.35. The number of ketones is 1. The summed E-state index contributed by atoms with van der Waals surface area (Å²) in [4.78, 5) is 24.2. The summed E-state index contributed by atoms with van der Waals surface area (Å²) in [7, 11) is 0. The molecule has 1 saturated carbocycles. The van der Waals surface area contributed by atoms with Crippen molar-refractivity contribution in [3.05, 3.63) is 71.8 Å². The van der Waals surface area contributed by atoms with Crippen molar-refractivity contribution in [3.8, 4) is 0 Å². The minimum absolute atomic E-state index is 0.00923. The van der Waals surface area contributed by atoms with Crippen LogP contribution in [-0.2, 0) is 9.53 Å². The maximum Gasteiger partial charge on any atom is 0.338 e. The van der Waals surface area contributed by atoms with Crippen molar-refractivity contribution in [2.75, 3.05) is 0 Å². The number of hydrogen-bond donors (Lipinski definition) is 0. The van der Waals surface area contributed by atoms with Crippen molar-refractivity contribution >= 4 is 11.8 Å². The van der Waals surface area contributed by atoms with Crippen LogP contribution in [0.5, 0.6) is 0 Å². The molecule has 1 fully saturated rings. The van der Waals surface area contributed by atoms with E-state index in [2.05, 4.69) is 6.58 Å². The molecule has 2 aliphatic carbocycles. The van der Waals surface area contributed by atoms with Crippen molar-refractivity contribution in [2.45, 2.75) is 32.8 Å². The lowest BCUT2D eigenvalue weighted by molar-refractivity contribution is -0.110. The van der Waals surface area contributed by atoms with Crippen LogP contribution in [-0.4, -0.2) is 17.9 Å². The Morgan fingerprint density at radius 2 is 2.00 bits per heavy atom. The van der Waals surface area contributed by atoms with Crippen molar-refractivity contribution in [1.82, 2.24) is 0 Å². The second kappa shape index (κ2) is 6.23. The number of benzene rings is 1. The van der Waals surface area contributed by atoms with Gasteiger partial charge in [0, 0.05) is 5.41 Å². The molecule has 0 bridgehead atoms. The summed E-state index contributed by atoms with van der Waals surface area (Å²) in [6, 6.07) is 9.02. The van der Waals surface area contributed by atoms with E-state index in [1.54, 1.807) is 24.3 Å². The van der Waals surface area contributed by atoms with Gasteiger partial charge in [0.15, 0.2) is 5.78 Å². The Morgan fingerprint density at radius 3 is 2.62 bits per heavy atom. The standard InChI is InChI=1S/C21H22O3/c1-14(2)17-12-19(24-20(23)16-7-5-4-6-8-16)21(13-17)10-9-18(22)11-15(21)3/h4-11,17,19H,1,12-13H2,2-3H3/t17-,19-,21+/m1/s1. The SMILES string of the molecule is C=C(C)[C@@H]1C[C@@H](OC(=O)c2ccccc2)[C@@]2(C=CC(=O)C=C2C)C1. The van der Waals surface area contributed by atoms with E-state index in [9.17, 15) is 9.59 Å². The minimum atomic E-state index is -0.401. The topological polar surface area (TPSA) is 43.4 Å². The molecule has 24 heavy (non-hydrogen) atoms. The van der Waals surface area contributed by atoms with Gasteiger partial charge < -0.3 is 4.74 Å². The maximum absolute atomic E-state index is 12.5. The monoisotopic (exact) mass is 322 g/mol. The predicted octanol–water partition coefficient (Wildman–Crippen LogP) is 4.27. The van der Waals surface area contributed by atoms with Gasteiger partial charge in [0.1, 0.15) is 6.10 Å². The zero-order chi connectivity index (χ0) is 17.3. The molecule has 0 saturated heterocycles. The quantitative estimate of drug-likeness (QED) is 0.616. The van der Waals surface area contributed by atoms with Crippen LogP contribution in [0, 0.1) is 11.3 Å². The van der Waals surface area contributed by atoms with E-state index in [0.29, 0.717) is 5.56 Å². The van der Waals surface area contributed by atoms with Gasteiger partial charge in [-0.3, -0.25) is 4.79 Å². The zero-order valence-corrected chi connectivity index (χ0v) is 14.1.